The van der Waals surface area contributed by atoms with E-state index in [1.165, 1.54) is 25.9 Å². The van der Waals surface area contributed by atoms with Gasteiger partial charge >= 0.3 is 0 Å². The minimum Gasteiger partial charge on any atom is -0.492 e. The van der Waals surface area contributed by atoms with E-state index >= 15 is 0 Å². The summed E-state index contributed by atoms with van der Waals surface area (Å²) in [4.78, 5) is 18.2. The number of thiophene rings is 1. The van der Waals surface area contributed by atoms with Gasteiger partial charge in [-0.25, -0.2) is 0 Å². The maximum Gasteiger partial charge on any atom is 0.246 e. The topological polar surface area (TPSA) is 73.5 Å². The molecule has 4 heterocycles. The first-order chi connectivity index (χ1) is 18.2. The standard InChI is InChI=1S/C29H33N5O2S/c35-29(28(22-11-18-37-20-22)34-14-3-4-15-34)30-23-7-10-26-25(19-23)27(32-31-26)21-5-8-24(9-6-21)36-17-16-33-12-1-2-13-33/h5-11,18-20,28H,1-4,12-17H2,(H,30,35)(H,31,32). The second-order valence-corrected chi connectivity index (χ2v) is 10.7. The molecule has 0 radical (unpaired) electrons. The number of nitrogens with zero attached hydrogens (tertiary/aromatic N) is 3. The van der Waals surface area contributed by atoms with Crippen LogP contribution in [0.3, 0.4) is 0 Å². The number of hydrogen-bond donors (Lipinski definition) is 2. The first-order valence-electron chi connectivity index (χ1n) is 13.3. The molecule has 1 atom stereocenters. The van der Waals surface area contributed by atoms with Gasteiger partial charge in [0.1, 0.15) is 18.4 Å². The third-order valence-electron chi connectivity index (χ3n) is 7.45. The van der Waals surface area contributed by atoms with Crippen molar-refractivity contribution in [2.24, 2.45) is 0 Å². The van der Waals surface area contributed by atoms with Gasteiger partial charge in [-0.1, -0.05) is 0 Å². The molecule has 0 aliphatic carbocycles. The monoisotopic (exact) mass is 515 g/mol. The number of benzene rings is 2. The van der Waals surface area contributed by atoms with Crippen molar-refractivity contribution in [1.29, 1.82) is 0 Å². The predicted octanol–water partition coefficient (Wildman–Crippen LogP) is 5.54. The van der Waals surface area contributed by atoms with Crippen LogP contribution in [0.1, 0.15) is 37.3 Å². The summed E-state index contributed by atoms with van der Waals surface area (Å²) in [7, 11) is 0. The van der Waals surface area contributed by atoms with E-state index in [-0.39, 0.29) is 11.9 Å². The highest BCUT2D eigenvalue weighted by Crippen LogP contribution is 2.32. The van der Waals surface area contributed by atoms with Gasteiger partial charge in [-0.2, -0.15) is 16.4 Å². The zero-order valence-electron chi connectivity index (χ0n) is 21.0. The Morgan fingerprint density at radius 1 is 1.03 bits per heavy atom. The highest BCUT2D eigenvalue weighted by molar-refractivity contribution is 7.08. The van der Waals surface area contributed by atoms with Gasteiger partial charge in [0.15, 0.2) is 0 Å². The Kier molecular flexibility index (Phi) is 7.21. The number of aromatic nitrogens is 2. The van der Waals surface area contributed by atoms with Crippen LogP contribution in [0.25, 0.3) is 22.2 Å². The molecule has 2 saturated heterocycles. The maximum absolute atomic E-state index is 13.4. The van der Waals surface area contributed by atoms with Gasteiger partial charge in [-0.05, 0) is 117 Å². The average molecular weight is 516 g/mol. The van der Waals surface area contributed by atoms with Crippen molar-refractivity contribution < 1.29 is 9.53 Å². The number of fused-ring (bicyclic) bond motifs is 1. The number of rotatable bonds is 9. The molecule has 2 aromatic carbocycles. The second-order valence-electron chi connectivity index (χ2n) is 9.95. The SMILES string of the molecule is O=C(Nc1ccc2[nH]nc(-c3ccc(OCCN4CCCC4)cc3)c2c1)C(c1ccsc1)N1CCCC1. The van der Waals surface area contributed by atoms with Gasteiger partial charge in [-0.3, -0.25) is 19.7 Å². The predicted molar refractivity (Wildman–Crippen MR) is 149 cm³/mol. The largest absolute Gasteiger partial charge is 0.492 e. The van der Waals surface area contributed by atoms with E-state index in [1.54, 1.807) is 11.3 Å². The molecule has 4 aromatic rings. The van der Waals surface area contributed by atoms with Gasteiger partial charge in [-0.15, -0.1) is 0 Å². The van der Waals surface area contributed by atoms with Crippen LogP contribution in [0, 0.1) is 0 Å². The van der Waals surface area contributed by atoms with E-state index < -0.39 is 0 Å². The molecule has 1 amide bonds. The number of H-pyrrole nitrogens is 1. The highest BCUT2D eigenvalue weighted by atomic mass is 32.1. The Labute approximate surface area is 221 Å². The summed E-state index contributed by atoms with van der Waals surface area (Å²) in [6.45, 7) is 5.96. The van der Waals surface area contributed by atoms with Crippen molar-refractivity contribution in [1.82, 2.24) is 20.0 Å². The summed E-state index contributed by atoms with van der Waals surface area (Å²) in [5.41, 5.74) is 4.66. The van der Waals surface area contributed by atoms with Gasteiger partial charge in [0.25, 0.3) is 0 Å². The van der Waals surface area contributed by atoms with E-state index in [4.69, 9.17) is 4.74 Å². The molecular weight excluding hydrogens is 482 g/mol. The fraction of sp³-hybridized carbons (Fsp3) is 0.379. The maximum atomic E-state index is 13.4. The molecule has 1 unspecified atom stereocenters. The molecule has 0 bridgehead atoms. The number of anilines is 1. The van der Waals surface area contributed by atoms with Crippen LogP contribution >= 0.6 is 11.3 Å². The first-order valence-corrected chi connectivity index (χ1v) is 14.2. The van der Waals surface area contributed by atoms with Crippen molar-refractivity contribution in [3.63, 3.8) is 0 Å². The molecule has 2 aliphatic heterocycles. The number of nitrogens with one attached hydrogen (secondary N) is 2. The Bertz CT molecular complexity index is 1320. The summed E-state index contributed by atoms with van der Waals surface area (Å²) in [6, 6.07) is 15.8. The van der Waals surface area contributed by atoms with E-state index in [1.807, 2.05) is 47.8 Å². The summed E-state index contributed by atoms with van der Waals surface area (Å²) < 4.78 is 5.97. The van der Waals surface area contributed by atoms with Crippen molar-refractivity contribution in [3.05, 3.63) is 64.9 Å². The average Bonchev–Trinajstić information content (AvgIpc) is 3.73. The summed E-state index contributed by atoms with van der Waals surface area (Å²) in [6.07, 6.45) is 4.87. The van der Waals surface area contributed by atoms with Gasteiger partial charge in [0, 0.05) is 23.2 Å². The van der Waals surface area contributed by atoms with Crippen LogP contribution in [0.4, 0.5) is 5.69 Å². The van der Waals surface area contributed by atoms with Crippen LogP contribution in [0.15, 0.2) is 59.3 Å². The van der Waals surface area contributed by atoms with Crippen LogP contribution in [0.2, 0.25) is 0 Å². The normalized spacial score (nSPS) is 17.4. The first kappa shape index (κ1) is 24.2. The summed E-state index contributed by atoms with van der Waals surface area (Å²) >= 11 is 1.63. The number of carbonyl (C=O) groups is 1. The van der Waals surface area contributed by atoms with Gasteiger partial charge < -0.3 is 10.1 Å². The second kappa shape index (κ2) is 11.0. The fourth-order valence-electron chi connectivity index (χ4n) is 5.49. The van der Waals surface area contributed by atoms with Gasteiger partial charge in [0.2, 0.25) is 5.91 Å². The smallest absolute Gasteiger partial charge is 0.246 e. The third-order valence-corrected chi connectivity index (χ3v) is 8.15. The molecule has 7 nitrogen and oxygen atoms in total. The number of carbonyl (C=O) groups excluding carboxylic acids is 1. The molecule has 0 saturated carbocycles. The van der Waals surface area contributed by atoms with Crippen LogP contribution in [-0.2, 0) is 4.79 Å². The Balaban J connectivity index is 1.16. The lowest BCUT2D eigenvalue weighted by Gasteiger charge is -2.26. The van der Waals surface area contributed by atoms with Gasteiger partial charge in [0.05, 0.1) is 11.2 Å². The van der Waals surface area contributed by atoms with Crippen LogP contribution in [-0.4, -0.2) is 65.2 Å². The molecule has 0 spiro atoms. The molecule has 192 valence electrons. The number of likely N-dealkylation sites (tertiary alicyclic amines) is 2. The molecule has 2 aromatic heterocycles. The molecule has 37 heavy (non-hydrogen) atoms. The quantitative estimate of drug-likeness (QED) is 0.306. The number of amides is 1. The zero-order chi connectivity index (χ0) is 25.0. The minimum atomic E-state index is -0.258. The van der Waals surface area contributed by atoms with E-state index in [0.29, 0.717) is 6.61 Å². The van der Waals surface area contributed by atoms with E-state index in [0.717, 1.165) is 71.6 Å². The van der Waals surface area contributed by atoms with E-state index in [9.17, 15) is 4.79 Å². The lowest BCUT2D eigenvalue weighted by molar-refractivity contribution is -0.121. The molecular formula is C29H33N5O2S. The van der Waals surface area contributed by atoms with Crippen molar-refractivity contribution >= 4 is 33.8 Å². The number of ether oxygens (including phenoxy) is 1. The van der Waals surface area contributed by atoms with Crippen molar-refractivity contribution in [2.45, 2.75) is 31.7 Å². The Morgan fingerprint density at radius 3 is 2.57 bits per heavy atom. The summed E-state index contributed by atoms with van der Waals surface area (Å²) in [5, 5.41) is 16.0. The highest BCUT2D eigenvalue weighted by Gasteiger charge is 2.30. The number of hydrogen-bond acceptors (Lipinski definition) is 6. The van der Waals surface area contributed by atoms with Crippen molar-refractivity contribution in [3.8, 4) is 17.0 Å². The fourth-order valence-corrected chi connectivity index (χ4v) is 6.17. The lowest BCUT2D eigenvalue weighted by Crippen LogP contribution is -2.35. The van der Waals surface area contributed by atoms with E-state index in [2.05, 4.69) is 36.8 Å². The van der Waals surface area contributed by atoms with Crippen LogP contribution in [0.5, 0.6) is 5.75 Å². The number of aromatic amines is 1. The molecule has 2 N–H and O–H groups in total. The molecule has 6 rings (SSSR count). The zero-order valence-corrected chi connectivity index (χ0v) is 21.8. The summed E-state index contributed by atoms with van der Waals surface area (Å²) in [5.74, 6) is 0.886. The Morgan fingerprint density at radius 2 is 1.81 bits per heavy atom. The van der Waals surface area contributed by atoms with Crippen LogP contribution < -0.4 is 10.1 Å². The minimum absolute atomic E-state index is 0.0140. The van der Waals surface area contributed by atoms with Crippen molar-refractivity contribution in [2.75, 3.05) is 44.6 Å². The molecule has 8 heteroatoms. The molecule has 2 aliphatic rings. The lowest BCUT2D eigenvalue weighted by atomic mass is 10.1. The Hall–Kier alpha value is -3.20. The third kappa shape index (κ3) is 5.42. The molecule has 2 fully saturated rings.